The average molecular weight is 471 g/mol. The number of halogens is 1. The van der Waals surface area contributed by atoms with E-state index in [0.717, 1.165) is 37.0 Å². The van der Waals surface area contributed by atoms with Crippen LogP contribution in [0.15, 0.2) is 42.5 Å². The van der Waals surface area contributed by atoms with Gasteiger partial charge < -0.3 is 10.2 Å². The van der Waals surface area contributed by atoms with Gasteiger partial charge in [0.1, 0.15) is 11.9 Å². The molecule has 2 aromatic carbocycles. The van der Waals surface area contributed by atoms with E-state index >= 15 is 0 Å². The number of hydrogen-bond donors (Lipinski definition) is 1. The summed E-state index contributed by atoms with van der Waals surface area (Å²) in [6, 6.07) is 12.1. The van der Waals surface area contributed by atoms with Crippen LogP contribution in [-0.2, 0) is 21.9 Å². The second-order valence-corrected chi connectivity index (χ2v) is 10.1. The Hall–Kier alpha value is -2.34. The zero-order chi connectivity index (χ0) is 23.8. The summed E-state index contributed by atoms with van der Waals surface area (Å²) >= 11 is 1.56. The molecule has 1 atom stereocenters. The van der Waals surface area contributed by atoms with Crippen molar-refractivity contribution in [1.29, 1.82) is 0 Å². The smallest absolute Gasteiger partial charge is 0.242 e. The standard InChI is InChI=1S/C27H35FN2O2S/c1-19-13-20(2)15-23(14-19)17-33-18-26(31)30(16-22-9-11-24(28)12-10-22)21(3)27(32)29-25-7-5-4-6-8-25/h9-15,21,25H,4-8,16-18H2,1-3H3,(H,29,32). The number of aryl methyl sites for hydroxylation is 2. The molecule has 178 valence electrons. The summed E-state index contributed by atoms with van der Waals surface area (Å²) in [4.78, 5) is 27.9. The Balaban J connectivity index is 1.65. The van der Waals surface area contributed by atoms with Crippen LogP contribution in [0.2, 0.25) is 0 Å². The van der Waals surface area contributed by atoms with E-state index in [0.29, 0.717) is 0 Å². The summed E-state index contributed by atoms with van der Waals surface area (Å²) in [6.07, 6.45) is 5.47. The third-order valence-electron chi connectivity index (χ3n) is 6.16. The molecule has 0 saturated heterocycles. The van der Waals surface area contributed by atoms with Crippen LogP contribution in [0.5, 0.6) is 0 Å². The van der Waals surface area contributed by atoms with Crippen molar-refractivity contribution >= 4 is 23.6 Å². The second kappa shape index (κ2) is 12.2. The number of hydrogen-bond acceptors (Lipinski definition) is 3. The Labute approximate surface area is 201 Å². The predicted molar refractivity (Wildman–Crippen MR) is 134 cm³/mol. The highest BCUT2D eigenvalue weighted by Crippen LogP contribution is 2.20. The number of carbonyl (C=O) groups is 2. The van der Waals surface area contributed by atoms with Gasteiger partial charge >= 0.3 is 0 Å². The molecule has 2 aromatic rings. The van der Waals surface area contributed by atoms with Crippen LogP contribution in [-0.4, -0.2) is 34.6 Å². The van der Waals surface area contributed by atoms with Crippen LogP contribution < -0.4 is 5.32 Å². The van der Waals surface area contributed by atoms with Gasteiger partial charge in [0, 0.05) is 18.3 Å². The summed E-state index contributed by atoms with van der Waals surface area (Å²) in [7, 11) is 0. The third-order valence-corrected chi connectivity index (χ3v) is 7.15. The molecule has 0 bridgehead atoms. The predicted octanol–water partition coefficient (Wildman–Crippen LogP) is 5.54. The van der Waals surface area contributed by atoms with Crippen molar-refractivity contribution in [2.45, 2.75) is 77.3 Å². The van der Waals surface area contributed by atoms with Crippen LogP contribution in [0.1, 0.15) is 61.3 Å². The minimum absolute atomic E-state index is 0.0833. The molecule has 0 spiro atoms. The molecule has 3 rings (SSSR count). The molecule has 0 aliphatic heterocycles. The highest BCUT2D eigenvalue weighted by Gasteiger charge is 2.28. The molecule has 0 radical (unpaired) electrons. The molecule has 1 aliphatic rings. The minimum Gasteiger partial charge on any atom is -0.352 e. The van der Waals surface area contributed by atoms with Crippen molar-refractivity contribution in [2.75, 3.05) is 5.75 Å². The molecule has 0 heterocycles. The van der Waals surface area contributed by atoms with Gasteiger partial charge in [0.05, 0.1) is 5.75 Å². The minimum atomic E-state index is -0.591. The quantitative estimate of drug-likeness (QED) is 0.523. The largest absolute Gasteiger partial charge is 0.352 e. The van der Waals surface area contributed by atoms with Gasteiger partial charge in [-0.25, -0.2) is 4.39 Å². The first-order valence-corrected chi connectivity index (χ1v) is 13.0. The maximum Gasteiger partial charge on any atom is 0.242 e. The van der Waals surface area contributed by atoms with E-state index in [4.69, 9.17) is 0 Å². The van der Waals surface area contributed by atoms with E-state index in [1.165, 1.54) is 35.2 Å². The molecule has 1 aliphatic carbocycles. The lowest BCUT2D eigenvalue weighted by Gasteiger charge is -2.31. The van der Waals surface area contributed by atoms with E-state index in [1.807, 2.05) is 0 Å². The van der Waals surface area contributed by atoms with Crippen molar-refractivity contribution in [2.24, 2.45) is 0 Å². The van der Waals surface area contributed by atoms with Gasteiger partial charge in [-0.2, -0.15) is 0 Å². The Morgan fingerprint density at radius 1 is 1.03 bits per heavy atom. The van der Waals surface area contributed by atoms with Crippen LogP contribution in [0.3, 0.4) is 0 Å². The number of rotatable bonds is 9. The molecule has 6 heteroatoms. The SMILES string of the molecule is Cc1cc(C)cc(CSCC(=O)N(Cc2ccc(F)cc2)C(C)C(=O)NC2CCCCC2)c1. The summed E-state index contributed by atoms with van der Waals surface area (Å²) in [5.74, 6) is 0.511. The molecule has 1 fully saturated rings. The fraction of sp³-hybridized carbons (Fsp3) is 0.481. The monoisotopic (exact) mass is 470 g/mol. The molecule has 2 amide bonds. The Morgan fingerprint density at radius 2 is 1.67 bits per heavy atom. The van der Waals surface area contributed by atoms with Crippen LogP contribution in [0, 0.1) is 19.7 Å². The van der Waals surface area contributed by atoms with Gasteiger partial charge in [0.25, 0.3) is 0 Å². The first-order valence-electron chi connectivity index (χ1n) is 11.8. The summed E-state index contributed by atoms with van der Waals surface area (Å²) in [6.45, 7) is 6.21. The zero-order valence-corrected chi connectivity index (χ0v) is 20.7. The number of nitrogens with one attached hydrogen (secondary N) is 1. The first-order chi connectivity index (χ1) is 15.8. The summed E-state index contributed by atoms with van der Waals surface area (Å²) in [5, 5.41) is 3.14. The second-order valence-electron chi connectivity index (χ2n) is 9.16. The molecule has 1 N–H and O–H groups in total. The number of benzene rings is 2. The maximum atomic E-state index is 13.4. The van der Waals surface area contributed by atoms with Gasteiger partial charge in [0.2, 0.25) is 11.8 Å². The number of thioether (sulfide) groups is 1. The topological polar surface area (TPSA) is 49.4 Å². The lowest BCUT2D eigenvalue weighted by Crippen LogP contribution is -2.50. The summed E-state index contributed by atoms with van der Waals surface area (Å²) in [5.41, 5.74) is 4.42. The number of nitrogens with zero attached hydrogens (tertiary/aromatic N) is 1. The molecular weight excluding hydrogens is 435 g/mol. The highest BCUT2D eigenvalue weighted by molar-refractivity contribution is 7.99. The Bertz CT molecular complexity index is 921. The molecule has 33 heavy (non-hydrogen) atoms. The van der Waals surface area contributed by atoms with Crippen molar-refractivity contribution in [1.82, 2.24) is 10.2 Å². The molecule has 1 unspecified atom stereocenters. The zero-order valence-electron chi connectivity index (χ0n) is 19.9. The van der Waals surface area contributed by atoms with Gasteiger partial charge in [-0.15, -0.1) is 11.8 Å². The molecular formula is C27H35FN2O2S. The van der Waals surface area contributed by atoms with Gasteiger partial charge in [-0.3, -0.25) is 9.59 Å². The van der Waals surface area contributed by atoms with Crippen molar-refractivity contribution < 1.29 is 14.0 Å². The van der Waals surface area contributed by atoms with Gasteiger partial charge in [0.15, 0.2) is 0 Å². The Kier molecular flexibility index (Phi) is 9.36. The van der Waals surface area contributed by atoms with Crippen molar-refractivity contribution in [3.8, 4) is 0 Å². The summed E-state index contributed by atoms with van der Waals surface area (Å²) < 4.78 is 13.4. The number of carbonyl (C=O) groups excluding carboxylic acids is 2. The molecule has 1 saturated carbocycles. The first kappa shape index (κ1) is 25.3. The van der Waals surface area contributed by atoms with Crippen molar-refractivity contribution in [3.05, 3.63) is 70.5 Å². The van der Waals surface area contributed by atoms with E-state index in [9.17, 15) is 14.0 Å². The van der Waals surface area contributed by atoms with Crippen LogP contribution in [0.25, 0.3) is 0 Å². The van der Waals surface area contributed by atoms with Gasteiger partial charge in [-0.05, 0) is 56.9 Å². The van der Waals surface area contributed by atoms with E-state index in [-0.39, 0.29) is 36.0 Å². The lowest BCUT2D eigenvalue weighted by molar-refractivity contribution is -0.139. The highest BCUT2D eigenvalue weighted by atomic mass is 32.2. The normalized spacial score (nSPS) is 15.2. The molecule has 4 nitrogen and oxygen atoms in total. The van der Waals surface area contributed by atoms with E-state index in [1.54, 1.807) is 35.7 Å². The van der Waals surface area contributed by atoms with Gasteiger partial charge in [-0.1, -0.05) is 60.7 Å². The van der Waals surface area contributed by atoms with E-state index in [2.05, 4.69) is 37.4 Å². The fourth-order valence-electron chi connectivity index (χ4n) is 4.43. The maximum absolute atomic E-state index is 13.4. The fourth-order valence-corrected chi connectivity index (χ4v) is 5.27. The van der Waals surface area contributed by atoms with Crippen LogP contribution in [0.4, 0.5) is 4.39 Å². The Morgan fingerprint density at radius 3 is 2.30 bits per heavy atom. The average Bonchev–Trinajstić information content (AvgIpc) is 2.78. The number of amides is 2. The van der Waals surface area contributed by atoms with Crippen molar-refractivity contribution in [3.63, 3.8) is 0 Å². The van der Waals surface area contributed by atoms with E-state index < -0.39 is 6.04 Å². The molecule has 0 aromatic heterocycles. The van der Waals surface area contributed by atoms with Crippen LogP contribution >= 0.6 is 11.8 Å². The third kappa shape index (κ3) is 7.88. The lowest BCUT2D eigenvalue weighted by atomic mass is 9.95.